The number of aromatic nitrogens is 1. The minimum atomic E-state index is -0.351. The average Bonchev–Trinajstić information content (AvgIpc) is 3.16. The second-order valence-corrected chi connectivity index (χ2v) is 6.44. The van der Waals surface area contributed by atoms with Crippen LogP contribution in [-0.4, -0.2) is 10.9 Å². The first-order valence-electron chi connectivity index (χ1n) is 7.86. The molecular weight excluding hydrogens is 335 g/mol. The van der Waals surface area contributed by atoms with E-state index in [1.165, 1.54) is 18.2 Å². The van der Waals surface area contributed by atoms with Gasteiger partial charge in [0.1, 0.15) is 10.8 Å². The highest BCUT2D eigenvalue weighted by atomic mass is 32.1. The number of thiazole rings is 1. The molecule has 0 fully saturated rings. The molecule has 1 heterocycles. The lowest BCUT2D eigenvalue weighted by atomic mass is 10.1. The van der Waals surface area contributed by atoms with Crippen molar-refractivity contribution in [3.63, 3.8) is 0 Å². The van der Waals surface area contributed by atoms with E-state index in [1.54, 1.807) is 35.7 Å². The number of nitrogens with zero attached hydrogens (tertiary/aromatic N) is 1. The van der Waals surface area contributed by atoms with E-state index in [9.17, 15) is 9.18 Å². The third-order valence-corrected chi connectivity index (χ3v) is 4.57. The summed E-state index contributed by atoms with van der Waals surface area (Å²) in [4.78, 5) is 16.4. The van der Waals surface area contributed by atoms with Crippen molar-refractivity contribution < 1.29 is 9.18 Å². The summed E-state index contributed by atoms with van der Waals surface area (Å²) in [5.41, 5.74) is 2.40. The van der Waals surface area contributed by atoms with Crippen molar-refractivity contribution in [2.45, 2.75) is 13.0 Å². The van der Waals surface area contributed by atoms with Gasteiger partial charge in [-0.25, -0.2) is 9.37 Å². The fourth-order valence-electron chi connectivity index (χ4n) is 2.43. The van der Waals surface area contributed by atoms with Gasteiger partial charge in [-0.1, -0.05) is 36.4 Å². The minimum absolute atomic E-state index is 0.169. The van der Waals surface area contributed by atoms with Crippen LogP contribution in [0.4, 0.5) is 4.39 Å². The van der Waals surface area contributed by atoms with Gasteiger partial charge >= 0.3 is 0 Å². The molecule has 25 heavy (non-hydrogen) atoms. The highest BCUT2D eigenvalue weighted by molar-refractivity contribution is 7.13. The molecule has 3 aromatic rings. The zero-order valence-electron chi connectivity index (χ0n) is 13.6. The number of amides is 1. The van der Waals surface area contributed by atoms with E-state index in [4.69, 9.17) is 0 Å². The van der Waals surface area contributed by atoms with Crippen molar-refractivity contribution >= 4 is 23.3 Å². The Hall–Kier alpha value is -2.79. The molecule has 0 aliphatic heterocycles. The smallest absolute Gasteiger partial charge is 0.244 e. The van der Waals surface area contributed by atoms with Crippen LogP contribution >= 0.6 is 11.3 Å². The van der Waals surface area contributed by atoms with Crippen molar-refractivity contribution in [2.75, 3.05) is 0 Å². The second-order valence-electron chi connectivity index (χ2n) is 5.55. The van der Waals surface area contributed by atoms with Gasteiger partial charge in [-0.2, -0.15) is 0 Å². The maximum absolute atomic E-state index is 13.6. The molecule has 0 saturated heterocycles. The Morgan fingerprint density at radius 1 is 1.24 bits per heavy atom. The van der Waals surface area contributed by atoms with Gasteiger partial charge in [-0.05, 0) is 30.7 Å². The number of nitrogens with one attached hydrogen (secondary N) is 1. The van der Waals surface area contributed by atoms with E-state index in [0.29, 0.717) is 5.56 Å². The summed E-state index contributed by atoms with van der Waals surface area (Å²) in [6.07, 6.45) is 4.59. The standard InChI is InChI=1S/C20H17FN2OS/c1-14(16-6-4-7-17(13-16)20-22-11-12-25-20)23-19(24)10-9-15-5-2-3-8-18(15)21/h2-14H,1H3,(H,23,24). The number of benzene rings is 2. The Labute approximate surface area is 149 Å². The maximum atomic E-state index is 13.6. The third-order valence-electron chi connectivity index (χ3n) is 3.74. The fourth-order valence-corrected chi connectivity index (χ4v) is 3.06. The largest absolute Gasteiger partial charge is 0.346 e. The predicted molar refractivity (Wildman–Crippen MR) is 99.5 cm³/mol. The summed E-state index contributed by atoms with van der Waals surface area (Å²) in [5.74, 6) is -0.619. The molecule has 0 aliphatic rings. The highest BCUT2D eigenvalue weighted by Crippen LogP contribution is 2.24. The van der Waals surface area contributed by atoms with E-state index < -0.39 is 0 Å². The number of halogens is 1. The molecule has 126 valence electrons. The molecule has 0 radical (unpaired) electrons. The van der Waals surface area contributed by atoms with Crippen LogP contribution in [0.3, 0.4) is 0 Å². The van der Waals surface area contributed by atoms with Gasteiger partial charge in [0.25, 0.3) is 0 Å². The van der Waals surface area contributed by atoms with Crippen molar-refractivity contribution in [3.05, 3.63) is 83.1 Å². The minimum Gasteiger partial charge on any atom is -0.346 e. The zero-order chi connectivity index (χ0) is 17.6. The van der Waals surface area contributed by atoms with Crippen molar-refractivity contribution in [2.24, 2.45) is 0 Å². The molecule has 1 unspecified atom stereocenters. The molecule has 0 aliphatic carbocycles. The van der Waals surface area contributed by atoms with Crippen molar-refractivity contribution in [3.8, 4) is 10.6 Å². The average molecular weight is 352 g/mol. The molecule has 1 aromatic heterocycles. The second kappa shape index (κ2) is 7.85. The van der Waals surface area contributed by atoms with Crippen LogP contribution in [0.25, 0.3) is 16.6 Å². The quantitative estimate of drug-likeness (QED) is 0.668. The number of carbonyl (C=O) groups is 1. The molecule has 5 heteroatoms. The molecule has 3 nitrogen and oxygen atoms in total. The van der Waals surface area contributed by atoms with Gasteiger partial charge < -0.3 is 5.32 Å². The lowest BCUT2D eigenvalue weighted by Crippen LogP contribution is -2.24. The van der Waals surface area contributed by atoms with E-state index in [0.717, 1.165) is 16.1 Å². The predicted octanol–water partition coefficient (Wildman–Crippen LogP) is 4.84. The summed E-state index contributed by atoms with van der Waals surface area (Å²) in [6.45, 7) is 1.91. The summed E-state index contributed by atoms with van der Waals surface area (Å²) >= 11 is 1.57. The monoisotopic (exact) mass is 352 g/mol. The van der Waals surface area contributed by atoms with E-state index in [-0.39, 0.29) is 17.8 Å². The van der Waals surface area contributed by atoms with Crippen molar-refractivity contribution in [1.82, 2.24) is 10.3 Å². The number of carbonyl (C=O) groups excluding carboxylic acids is 1. The van der Waals surface area contributed by atoms with Gasteiger partial charge in [-0.3, -0.25) is 4.79 Å². The Bertz CT molecular complexity index is 890. The Balaban J connectivity index is 1.68. The zero-order valence-corrected chi connectivity index (χ0v) is 14.5. The molecule has 2 aromatic carbocycles. The molecule has 0 spiro atoms. The Kier molecular flexibility index (Phi) is 5.36. The van der Waals surface area contributed by atoms with E-state index >= 15 is 0 Å². The van der Waals surface area contributed by atoms with Gasteiger partial charge in [0, 0.05) is 28.8 Å². The van der Waals surface area contributed by atoms with Crippen LogP contribution in [0.5, 0.6) is 0 Å². The molecule has 1 N–H and O–H groups in total. The third kappa shape index (κ3) is 4.39. The Morgan fingerprint density at radius 2 is 2.08 bits per heavy atom. The maximum Gasteiger partial charge on any atom is 0.244 e. The molecule has 0 saturated carbocycles. The van der Waals surface area contributed by atoms with Crippen LogP contribution in [-0.2, 0) is 4.79 Å². The van der Waals surface area contributed by atoms with Crippen molar-refractivity contribution in [1.29, 1.82) is 0 Å². The SMILES string of the molecule is CC(NC(=O)C=Cc1ccccc1F)c1cccc(-c2nccs2)c1. The first kappa shape index (κ1) is 17.0. The highest BCUT2D eigenvalue weighted by Gasteiger charge is 2.10. The summed E-state index contributed by atoms with van der Waals surface area (Å²) in [6, 6.07) is 14.1. The summed E-state index contributed by atoms with van der Waals surface area (Å²) in [7, 11) is 0. The number of hydrogen-bond acceptors (Lipinski definition) is 3. The van der Waals surface area contributed by atoms with Crippen LogP contribution < -0.4 is 5.32 Å². The van der Waals surface area contributed by atoms with Crippen LogP contribution in [0.2, 0.25) is 0 Å². The number of hydrogen-bond donors (Lipinski definition) is 1. The lowest BCUT2D eigenvalue weighted by molar-refractivity contribution is -0.117. The topological polar surface area (TPSA) is 42.0 Å². The van der Waals surface area contributed by atoms with Crippen LogP contribution in [0, 0.1) is 5.82 Å². The van der Waals surface area contributed by atoms with E-state index in [2.05, 4.69) is 10.3 Å². The van der Waals surface area contributed by atoms with Gasteiger partial charge in [0.05, 0.1) is 6.04 Å². The Morgan fingerprint density at radius 3 is 2.84 bits per heavy atom. The molecule has 3 rings (SSSR count). The van der Waals surface area contributed by atoms with Crippen LogP contribution in [0.15, 0.2) is 66.2 Å². The molecule has 1 amide bonds. The lowest BCUT2D eigenvalue weighted by Gasteiger charge is -2.13. The summed E-state index contributed by atoms with van der Waals surface area (Å²) in [5, 5.41) is 5.77. The molecule has 0 bridgehead atoms. The molecule has 1 atom stereocenters. The van der Waals surface area contributed by atoms with Gasteiger partial charge in [-0.15, -0.1) is 11.3 Å². The van der Waals surface area contributed by atoms with Gasteiger partial charge in [0.15, 0.2) is 0 Å². The molecular formula is C20H17FN2OS. The number of rotatable bonds is 5. The van der Waals surface area contributed by atoms with Crippen LogP contribution in [0.1, 0.15) is 24.1 Å². The first-order chi connectivity index (χ1) is 12.1. The first-order valence-corrected chi connectivity index (χ1v) is 8.74. The fraction of sp³-hybridized carbons (Fsp3) is 0.100. The summed E-state index contributed by atoms with van der Waals surface area (Å²) < 4.78 is 13.6. The van der Waals surface area contributed by atoms with Gasteiger partial charge in [0.2, 0.25) is 5.91 Å². The van der Waals surface area contributed by atoms with E-state index in [1.807, 2.05) is 36.6 Å². The normalized spacial score (nSPS) is 12.2.